The van der Waals surface area contributed by atoms with Crippen LogP contribution in [0.1, 0.15) is 38.5 Å². The van der Waals surface area contributed by atoms with Crippen molar-refractivity contribution in [3.8, 4) is 12.1 Å². The van der Waals surface area contributed by atoms with Crippen molar-refractivity contribution in [2.24, 2.45) is 5.41 Å². The van der Waals surface area contributed by atoms with Crippen LogP contribution in [0.5, 0.6) is 0 Å². The lowest BCUT2D eigenvalue weighted by Gasteiger charge is -2.35. The summed E-state index contributed by atoms with van der Waals surface area (Å²) in [6, 6.07) is 26.6. The number of benzene rings is 3. The summed E-state index contributed by atoms with van der Waals surface area (Å²) in [6.07, 6.45) is 3.89. The van der Waals surface area contributed by atoms with Crippen molar-refractivity contribution >= 4 is 17.5 Å². The van der Waals surface area contributed by atoms with Gasteiger partial charge in [-0.1, -0.05) is 84.4 Å². The van der Waals surface area contributed by atoms with E-state index in [0.717, 1.165) is 27.9 Å². The van der Waals surface area contributed by atoms with Crippen molar-refractivity contribution in [2.75, 3.05) is 4.90 Å². The van der Waals surface area contributed by atoms with Crippen LogP contribution in [0.3, 0.4) is 0 Å². The Bertz CT molecular complexity index is 1350. The van der Waals surface area contributed by atoms with Crippen LogP contribution in [0, 0.1) is 41.9 Å². The monoisotopic (exact) mass is 429 g/mol. The maximum absolute atomic E-state index is 14.1. The number of para-hydroxylation sites is 1. The summed E-state index contributed by atoms with van der Waals surface area (Å²) in [5.41, 5.74) is 3.91. The molecule has 3 aromatic carbocycles. The van der Waals surface area contributed by atoms with Crippen molar-refractivity contribution in [3.05, 3.63) is 107 Å². The number of ketones is 1. The molecule has 0 radical (unpaired) electrons. The standard InChI is InChI=1S/C29H23N3O/c1-19-12-13-20(2)23(16-19)26-27(28(33)22-9-4-3-5-10-22)32-24-11-7-6-8-21(24)14-15-25(32)29(26,17-30)18-31/h3-16,25-27H,1-2H3/t25?,26-,27+/m1/s1. The Morgan fingerprint density at radius 2 is 1.64 bits per heavy atom. The van der Waals surface area contributed by atoms with Gasteiger partial charge in [-0.05, 0) is 36.6 Å². The highest BCUT2D eigenvalue weighted by molar-refractivity contribution is 6.04. The van der Waals surface area contributed by atoms with Gasteiger partial charge in [0.05, 0.1) is 18.2 Å². The van der Waals surface area contributed by atoms with Gasteiger partial charge in [-0.25, -0.2) is 0 Å². The molecule has 4 heteroatoms. The van der Waals surface area contributed by atoms with Crippen molar-refractivity contribution < 1.29 is 4.79 Å². The number of hydrogen-bond donors (Lipinski definition) is 0. The van der Waals surface area contributed by atoms with E-state index in [4.69, 9.17) is 0 Å². The van der Waals surface area contributed by atoms with Gasteiger partial charge in [0, 0.05) is 17.2 Å². The van der Waals surface area contributed by atoms with Crippen molar-refractivity contribution in [3.63, 3.8) is 0 Å². The van der Waals surface area contributed by atoms with Crippen molar-refractivity contribution in [2.45, 2.75) is 31.8 Å². The Labute approximate surface area is 194 Å². The van der Waals surface area contributed by atoms with Crippen LogP contribution in [0.4, 0.5) is 5.69 Å². The van der Waals surface area contributed by atoms with Gasteiger partial charge in [-0.3, -0.25) is 4.79 Å². The average molecular weight is 430 g/mol. The summed E-state index contributed by atoms with van der Waals surface area (Å²) in [5, 5.41) is 21.0. The molecule has 1 saturated heterocycles. The molecular formula is C29H23N3O. The van der Waals surface area contributed by atoms with Gasteiger partial charge in [0.25, 0.3) is 0 Å². The third-order valence-corrected chi connectivity index (χ3v) is 7.01. The third-order valence-electron chi connectivity index (χ3n) is 7.01. The SMILES string of the molecule is Cc1ccc(C)c([C@@H]2[C@@H](C(=O)c3ccccc3)N3c4ccccc4C=CC3C2(C#N)C#N)c1. The molecule has 0 bridgehead atoms. The molecule has 5 rings (SSSR count). The fraction of sp³-hybridized carbons (Fsp3) is 0.207. The number of Topliss-reactive ketones (excluding diaryl/α,β-unsaturated/α-hetero) is 1. The van der Waals surface area contributed by atoms with Crippen molar-refractivity contribution in [1.82, 2.24) is 0 Å². The second kappa shape index (κ2) is 7.76. The maximum Gasteiger partial charge on any atom is 0.185 e. The predicted molar refractivity (Wildman–Crippen MR) is 129 cm³/mol. The topological polar surface area (TPSA) is 67.9 Å². The first kappa shape index (κ1) is 20.7. The van der Waals surface area contributed by atoms with E-state index < -0.39 is 23.4 Å². The third kappa shape index (κ3) is 2.99. The molecule has 3 aromatic rings. The lowest BCUT2D eigenvalue weighted by Crippen LogP contribution is -2.44. The molecule has 160 valence electrons. The van der Waals surface area contributed by atoms with Gasteiger partial charge >= 0.3 is 0 Å². The Morgan fingerprint density at radius 3 is 2.36 bits per heavy atom. The molecule has 2 aliphatic heterocycles. The van der Waals surface area contributed by atoms with Gasteiger partial charge in [0.2, 0.25) is 0 Å². The molecule has 4 nitrogen and oxygen atoms in total. The highest BCUT2D eigenvalue weighted by atomic mass is 16.1. The van der Waals surface area contributed by atoms with Crippen LogP contribution in [0.25, 0.3) is 6.08 Å². The van der Waals surface area contributed by atoms with E-state index in [9.17, 15) is 15.3 Å². The molecule has 0 aromatic heterocycles. The number of nitrogens with zero attached hydrogens (tertiary/aromatic N) is 3. The Balaban J connectivity index is 1.83. The molecule has 0 N–H and O–H groups in total. The molecule has 1 unspecified atom stereocenters. The van der Waals surface area contributed by atoms with Gasteiger partial charge in [0.1, 0.15) is 6.04 Å². The predicted octanol–water partition coefficient (Wildman–Crippen LogP) is 5.59. The largest absolute Gasteiger partial charge is 0.351 e. The molecule has 0 aliphatic carbocycles. The van der Waals surface area contributed by atoms with Gasteiger partial charge in [-0.2, -0.15) is 10.5 Å². The van der Waals surface area contributed by atoms with Crippen LogP contribution in [0.15, 0.2) is 78.9 Å². The molecule has 33 heavy (non-hydrogen) atoms. The number of aryl methyl sites for hydroxylation is 2. The Hall–Kier alpha value is -4.15. The van der Waals surface area contributed by atoms with E-state index in [-0.39, 0.29) is 5.78 Å². The second-order valence-electron chi connectivity index (χ2n) is 8.88. The molecule has 0 saturated carbocycles. The van der Waals surface area contributed by atoms with E-state index in [1.165, 1.54) is 0 Å². The maximum atomic E-state index is 14.1. The fourth-order valence-electron chi connectivity index (χ4n) is 5.45. The molecule has 2 heterocycles. The van der Waals surface area contributed by atoms with Crippen LogP contribution >= 0.6 is 0 Å². The van der Waals surface area contributed by atoms with Crippen LogP contribution in [-0.4, -0.2) is 17.9 Å². The van der Waals surface area contributed by atoms with Crippen LogP contribution < -0.4 is 4.90 Å². The summed E-state index contributed by atoms with van der Waals surface area (Å²) < 4.78 is 0. The van der Waals surface area contributed by atoms with Crippen LogP contribution in [-0.2, 0) is 0 Å². The zero-order chi connectivity index (χ0) is 23.2. The molecule has 1 fully saturated rings. The minimum Gasteiger partial charge on any atom is -0.351 e. The van der Waals surface area contributed by atoms with Gasteiger partial charge < -0.3 is 4.90 Å². The van der Waals surface area contributed by atoms with E-state index in [2.05, 4.69) is 12.1 Å². The molecular weight excluding hydrogens is 406 g/mol. The first-order chi connectivity index (χ1) is 16.0. The first-order valence-electron chi connectivity index (χ1n) is 11.1. The Morgan fingerprint density at radius 1 is 0.939 bits per heavy atom. The number of rotatable bonds is 3. The summed E-state index contributed by atoms with van der Waals surface area (Å²) in [4.78, 5) is 16.1. The number of hydrogen-bond acceptors (Lipinski definition) is 4. The number of carbonyl (C=O) groups is 1. The first-order valence-corrected chi connectivity index (χ1v) is 11.1. The fourth-order valence-corrected chi connectivity index (χ4v) is 5.45. The summed E-state index contributed by atoms with van der Waals surface area (Å²) in [7, 11) is 0. The summed E-state index contributed by atoms with van der Waals surface area (Å²) in [5.74, 6) is -0.690. The molecule has 2 aliphatic rings. The van der Waals surface area contributed by atoms with Crippen LogP contribution in [0.2, 0.25) is 0 Å². The minimum absolute atomic E-state index is 0.0796. The summed E-state index contributed by atoms with van der Waals surface area (Å²) >= 11 is 0. The normalized spacial score (nSPS) is 22.1. The van der Waals surface area contributed by atoms with E-state index in [0.29, 0.717) is 5.56 Å². The van der Waals surface area contributed by atoms with E-state index in [1.807, 2.05) is 104 Å². The second-order valence-corrected chi connectivity index (χ2v) is 8.88. The number of anilines is 1. The van der Waals surface area contributed by atoms with E-state index in [1.54, 1.807) is 0 Å². The average Bonchev–Trinajstić information content (AvgIpc) is 3.16. The summed E-state index contributed by atoms with van der Waals surface area (Å²) in [6.45, 7) is 3.98. The van der Waals surface area contributed by atoms with Gasteiger partial charge in [0.15, 0.2) is 11.2 Å². The molecule has 0 spiro atoms. The molecule has 0 amide bonds. The zero-order valence-electron chi connectivity index (χ0n) is 18.6. The quantitative estimate of drug-likeness (QED) is 0.509. The lowest BCUT2D eigenvalue weighted by molar-refractivity contribution is 0.0951. The number of fused-ring (bicyclic) bond motifs is 3. The lowest BCUT2D eigenvalue weighted by atomic mass is 9.68. The van der Waals surface area contributed by atoms with Gasteiger partial charge in [-0.15, -0.1) is 0 Å². The van der Waals surface area contributed by atoms with E-state index >= 15 is 0 Å². The smallest absolute Gasteiger partial charge is 0.185 e. The highest BCUT2D eigenvalue weighted by Crippen LogP contribution is 2.56. The minimum atomic E-state index is -1.42. The number of nitriles is 2. The molecule has 3 atom stereocenters. The zero-order valence-corrected chi connectivity index (χ0v) is 18.6. The number of carbonyl (C=O) groups excluding carboxylic acids is 1. The highest BCUT2D eigenvalue weighted by Gasteiger charge is 2.63. The van der Waals surface area contributed by atoms with Crippen molar-refractivity contribution in [1.29, 1.82) is 10.5 Å². The Kier molecular flexibility index (Phi) is 4.88.